The van der Waals surface area contributed by atoms with E-state index in [4.69, 9.17) is 10.7 Å². The lowest BCUT2D eigenvalue weighted by atomic mass is 9.98. The Morgan fingerprint density at radius 2 is 1.76 bits per heavy atom. The predicted octanol–water partition coefficient (Wildman–Crippen LogP) is 5.42. The van der Waals surface area contributed by atoms with E-state index in [1.165, 1.54) is 25.0 Å². The molecule has 5 aromatic rings. The number of imidazole rings is 1. The fraction of sp³-hybridized carbons (Fsp3) is 0.148. The molecule has 162 valence electrons. The van der Waals surface area contributed by atoms with Crippen LogP contribution in [0.25, 0.3) is 33.1 Å². The normalized spacial score (nSPS) is 13.6. The first-order chi connectivity index (χ1) is 16.1. The van der Waals surface area contributed by atoms with Crippen molar-refractivity contribution in [2.75, 3.05) is 0 Å². The third-order valence-corrected chi connectivity index (χ3v) is 6.25. The van der Waals surface area contributed by atoms with Crippen LogP contribution in [0.1, 0.15) is 40.6 Å². The van der Waals surface area contributed by atoms with Gasteiger partial charge in [-0.3, -0.25) is 4.79 Å². The van der Waals surface area contributed by atoms with E-state index in [0.29, 0.717) is 18.0 Å². The van der Waals surface area contributed by atoms with E-state index in [2.05, 4.69) is 21.7 Å². The van der Waals surface area contributed by atoms with Crippen LogP contribution in [0.2, 0.25) is 0 Å². The van der Waals surface area contributed by atoms with Gasteiger partial charge < -0.3 is 10.3 Å². The predicted molar refractivity (Wildman–Crippen MR) is 126 cm³/mol. The zero-order valence-corrected chi connectivity index (χ0v) is 17.8. The van der Waals surface area contributed by atoms with Gasteiger partial charge in [-0.15, -0.1) is 0 Å². The van der Waals surface area contributed by atoms with E-state index in [9.17, 15) is 9.18 Å². The first-order valence-electron chi connectivity index (χ1n) is 11.0. The Morgan fingerprint density at radius 3 is 2.52 bits per heavy atom. The Balaban J connectivity index is 1.48. The topological polar surface area (TPSA) is 73.8 Å². The number of hydrogen-bond acceptors (Lipinski definition) is 3. The zero-order chi connectivity index (χ0) is 22.5. The van der Waals surface area contributed by atoms with Crippen molar-refractivity contribution >= 4 is 27.8 Å². The van der Waals surface area contributed by atoms with Crippen LogP contribution in [-0.2, 0) is 6.54 Å². The van der Waals surface area contributed by atoms with Crippen LogP contribution in [0.3, 0.4) is 0 Å². The van der Waals surface area contributed by atoms with E-state index in [1.807, 2.05) is 30.3 Å². The van der Waals surface area contributed by atoms with Gasteiger partial charge in [0, 0.05) is 17.8 Å². The molecule has 1 amide bonds. The second-order valence-corrected chi connectivity index (χ2v) is 8.60. The molecular formula is C27H21FN4O. The average molecular weight is 436 g/mol. The molecular weight excluding hydrogens is 415 g/mol. The quantitative estimate of drug-likeness (QED) is 0.400. The second kappa shape index (κ2) is 7.52. The van der Waals surface area contributed by atoms with Crippen molar-refractivity contribution in [3.05, 3.63) is 95.7 Å². The maximum Gasteiger partial charge on any atom is 0.267 e. The number of para-hydroxylation sites is 2. The Bertz CT molecular complexity index is 1530. The van der Waals surface area contributed by atoms with E-state index in [1.54, 1.807) is 18.2 Å². The molecule has 5 nitrogen and oxygen atoms in total. The molecule has 1 aliphatic carbocycles. The number of primary amides is 1. The number of amides is 1. The van der Waals surface area contributed by atoms with Crippen LogP contribution in [0.4, 0.5) is 4.39 Å². The highest BCUT2D eigenvalue weighted by molar-refractivity contribution is 6.01. The molecule has 1 fully saturated rings. The summed E-state index contributed by atoms with van der Waals surface area (Å²) >= 11 is 0. The highest BCUT2D eigenvalue weighted by Crippen LogP contribution is 2.41. The largest absolute Gasteiger partial charge is 0.364 e. The van der Waals surface area contributed by atoms with E-state index >= 15 is 0 Å². The molecule has 1 saturated carbocycles. The molecule has 0 saturated heterocycles. The van der Waals surface area contributed by atoms with Crippen LogP contribution in [0.15, 0.2) is 72.8 Å². The molecule has 0 spiro atoms. The molecule has 6 heteroatoms. The van der Waals surface area contributed by atoms with Gasteiger partial charge in [0.25, 0.3) is 5.91 Å². The van der Waals surface area contributed by atoms with Gasteiger partial charge in [0.05, 0.1) is 16.6 Å². The summed E-state index contributed by atoms with van der Waals surface area (Å²) in [7, 11) is 0. The third kappa shape index (κ3) is 3.53. The van der Waals surface area contributed by atoms with Gasteiger partial charge in [0.1, 0.15) is 17.3 Å². The summed E-state index contributed by atoms with van der Waals surface area (Å²) in [6.07, 6.45) is 2.34. The highest BCUT2D eigenvalue weighted by Gasteiger charge is 2.29. The molecule has 0 aliphatic heterocycles. The van der Waals surface area contributed by atoms with Crippen molar-refractivity contribution in [3.8, 4) is 11.1 Å². The molecule has 0 bridgehead atoms. The number of carbonyl (C=O) groups is 1. The van der Waals surface area contributed by atoms with Gasteiger partial charge in [0.2, 0.25) is 0 Å². The lowest BCUT2D eigenvalue weighted by Crippen LogP contribution is -2.13. The van der Waals surface area contributed by atoms with Crippen LogP contribution >= 0.6 is 0 Å². The number of nitrogens with zero attached hydrogens (tertiary/aromatic N) is 3. The molecule has 33 heavy (non-hydrogen) atoms. The fourth-order valence-corrected chi connectivity index (χ4v) is 4.46. The number of pyridine rings is 1. The number of fused-ring (bicyclic) bond motifs is 2. The van der Waals surface area contributed by atoms with Gasteiger partial charge in [-0.05, 0) is 65.9 Å². The van der Waals surface area contributed by atoms with Crippen LogP contribution in [0.5, 0.6) is 0 Å². The Morgan fingerprint density at radius 1 is 0.970 bits per heavy atom. The van der Waals surface area contributed by atoms with Gasteiger partial charge in [0.15, 0.2) is 0 Å². The van der Waals surface area contributed by atoms with E-state index in [-0.39, 0.29) is 11.5 Å². The first-order valence-corrected chi connectivity index (χ1v) is 11.0. The smallest absolute Gasteiger partial charge is 0.267 e. The summed E-state index contributed by atoms with van der Waals surface area (Å²) in [6.45, 7) is 0.663. The molecule has 0 radical (unpaired) electrons. The number of aromatic nitrogens is 3. The second-order valence-electron chi connectivity index (χ2n) is 8.60. The number of hydrogen-bond donors (Lipinski definition) is 1. The van der Waals surface area contributed by atoms with Crippen molar-refractivity contribution < 1.29 is 9.18 Å². The summed E-state index contributed by atoms with van der Waals surface area (Å²) in [4.78, 5) is 21.4. The molecule has 2 aromatic heterocycles. The van der Waals surface area contributed by atoms with Crippen molar-refractivity contribution in [2.24, 2.45) is 5.73 Å². The summed E-state index contributed by atoms with van der Waals surface area (Å²) in [5.41, 5.74) is 11.2. The monoisotopic (exact) mass is 436 g/mol. The minimum Gasteiger partial charge on any atom is -0.364 e. The Kier molecular flexibility index (Phi) is 4.47. The molecule has 2 N–H and O–H groups in total. The summed E-state index contributed by atoms with van der Waals surface area (Å²) in [5.74, 6) is 0.737. The van der Waals surface area contributed by atoms with Gasteiger partial charge in [-0.25, -0.2) is 14.4 Å². The maximum absolute atomic E-state index is 13.5. The molecule has 0 unspecified atom stereocenters. The van der Waals surface area contributed by atoms with Crippen LogP contribution in [-0.4, -0.2) is 20.4 Å². The Hall–Kier alpha value is -4.06. The number of halogens is 1. The van der Waals surface area contributed by atoms with Crippen LogP contribution in [0, 0.1) is 5.82 Å². The summed E-state index contributed by atoms with van der Waals surface area (Å²) in [6, 6.07) is 22.2. The summed E-state index contributed by atoms with van der Waals surface area (Å²) < 4.78 is 15.8. The average Bonchev–Trinajstić information content (AvgIpc) is 3.61. The summed E-state index contributed by atoms with van der Waals surface area (Å²) in [5, 5.41) is 0.883. The maximum atomic E-state index is 13.5. The lowest BCUT2D eigenvalue weighted by Gasteiger charge is -2.12. The number of carbonyl (C=O) groups excluding carboxylic acids is 1. The van der Waals surface area contributed by atoms with Gasteiger partial charge >= 0.3 is 0 Å². The highest BCUT2D eigenvalue weighted by atomic mass is 19.1. The van der Waals surface area contributed by atoms with Crippen molar-refractivity contribution in [1.29, 1.82) is 0 Å². The fourth-order valence-electron chi connectivity index (χ4n) is 4.46. The lowest BCUT2D eigenvalue weighted by molar-refractivity contribution is 0.0996. The number of rotatable bonds is 5. The standard InChI is InChI=1S/C27H21FN4O/c28-19-10-8-17(9-11-19)21-14-24(26(29)33)30-23-13-16(5-12-20(21)23)15-32-25-4-2-1-3-22(25)31-27(32)18-6-7-18/h1-5,8-14,18H,6-7,15H2,(H2,29,33). The zero-order valence-electron chi connectivity index (χ0n) is 17.8. The molecule has 0 atom stereocenters. The van der Waals surface area contributed by atoms with E-state index in [0.717, 1.165) is 38.9 Å². The van der Waals surface area contributed by atoms with Crippen molar-refractivity contribution in [3.63, 3.8) is 0 Å². The molecule has 1 aliphatic rings. The number of nitrogens with two attached hydrogens (primary N) is 1. The number of benzene rings is 3. The Labute approximate surface area is 189 Å². The minimum absolute atomic E-state index is 0.186. The van der Waals surface area contributed by atoms with E-state index < -0.39 is 5.91 Å². The van der Waals surface area contributed by atoms with Crippen molar-refractivity contribution in [2.45, 2.75) is 25.3 Å². The first kappa shape index (κ1) is 19.6. The third-order valence-electron chi connectivity index (χ3n) is 6.25. The molecule has 6 rings (SSSR count). The molecule has 2 heterocycles. The molecule has 3 aromatic carbocycles. The van der Waals surface area contributed by atoms with Gasteiger partial charge in [-0.2, -0.15) is 0 Å². The van der Waals surface area contributed by atoms with Gasteiger partial charge in [-0.1, -0.05) is 36.4 Å². The van der Waals surface area contributed by atoms with Crippen molar-refractivity contribution in [1.82, 2.24) is 14.5 Å². The van der Waals surface area contributed by atoms with Crippen LogP contribution < -0.4 is 5.73 Å². The SMILES string of the molecule is NC(=O)c1cc(-c2ccc(F)cc2)c2ccc(Cn3c(C4CC4)nc4ccccc43)cc2n1. The minimum atomic E-state index is -0.595.